The van der Waals surface area contributed by atoms with Gasteiger partial charge in [0.05, 0.1) is 13.2 Å². The van der Waals surface area contributed by atoms with Gasteiger partial charge >= 0.3 is 0 Å². The molecule has 2 N–H and O–H groups in total. The number of morpholine rings is 1. The van der Waals surface area contributed by atoms with Crippen LogP contribution in [0.15, 0.2) is 24.3 Å². The molecule has 0 bridgehead atoms. The fourth-order valence-electron chi connectivity index (χ4n) is 3.83. The summed E-state index contributed by atoms with van der Waals surface area (Å²) in [5.74, 6) is 0. The first kappa shape index (κ1) is 14.3. The molecule has 2 fully saturated rings. The van der Waals surface area contributed by atoms with E-state index in [9.17, 15) is 0 Å². The predicted molar refractivity (Wildman–Crippen MR) is 82.0 cm³/mol. The van der Waals surface area contributed by atoms with E-state index in [1.165, 1.54) is 25.7 Å². The molecule has 0 amide bonds. The number of ether oxygens (including phenoxy) is 1. The molecule has 4 heteroatoms. The molecule has 2 aliphatic rings. The van der Waals surface area contributed by atoms with Gasteiger partial charge < -0.3 is 10.5 Å². The van der Waals surface area contributed by atoms with E-state index in [-0.39, 0.29) is 11.6 Å². The van der Waals surface area contributed by atoms with Crippen molar-refractivity contribution in [1.29, 1.82) is 0 Å². The van der Waals surface area contributed by atoms with Gasteiger partial charge in [-0.3, -0.25) is 4.90 Å². The van der Waals surface area contributed by atoms with Gasteiger partial charge in [-0.05, 0) is 30.5 Å². The summed E-state index contributed by atoms with van der Waals surface area (Å²) in [5, 5.41) is 0.771. The quantitative estimate of drug-likeness (QED) is 0.931. The lowest BCUT2D eigenvalue weighted by Crippen LogP contribution is -2.57. The van der Waals surface area contributed by atoms with Crippen LogP contribution in [0.2, 0.25) is 5.02 Å². The maximum absolute atomic E-state index is 6.69. The van der Waals surface area contributed by atoms with Crippen LogP contribution in [-0.2, 0) is 4.74 Å². The summed E-state index contributed by atoms with van der Waals surface area (Å²) in [6, 6.07) is 8.07. The van der Waals surface area contributed by atoms with Crippen LogP contribution in [0.25, 0.3) is 0 Å². The molecule has 1 atom stereocenters. The Kier molecular flexibility index (Phi) is 4.32. The summed E-state index contributed by atoms with van der Waals surface area (Å²) in [7, 11) is 0. The topological polar surface area (TPSA) is 38.5 Å². The summed E-state index contributed by atoms with van der Waals surface area (Å²) in [6.07, 6.45) is 4.90. The van der Waals surface area contributed by atoms with E-state index in [2.05, 4.69) is 11.0 Å². The summed E-state index contributed by atoms with van der Waals surface area (Å²) >= 11 is 6.14. The smallest absolute Gasteiger partial charge is 0.0594 e. The minimum Gasteiger partial charge on any atom is -0.379 e. The molecule has 110 valence electrons. The van der Waals surface area contributed by atoms with E-state index in [1.807, 2.05) is 18.2 Å². The van der Waals surface area contributed by atoms with Crippen molar-refractivity contribution in [2.45, 2.75) is 37.3 Å². The molecule has 1 unspecified atom stereocenters. The highest BCUT2D eigenvalue weighted by Gasteiger charge is 2.45. The van der Waals surface area contributed by atoms with Crippen LogP contribution in [0.5, 0.6) is 0 Å². The molecular formula is C16H23ClN2O. The van der Waals surface area contributed by atoms with Crippen LogP contribution in [-0.4, -0.2) is 36.7 Å². The number of benzene rings is 1. The van der Waals surface area contributed by atoms with Gasteiger partial charge in [0.25, 0.3) is 0 Å². The van der Waals surface area contributed by atoms with Crippen LogP contribution in [0.3, 0.4) is 0 Å². The molecule has 3 rings (SSSR count). The van der Waals surface area contributed by atoms with Crippen molar-refractivity contribution in [3.05, 3.63) is 34.9 Å². The van der Waals surface area contributed by atoms with Crippen molar-refractivity contribution in [2.75, 3.05) is 26.3 Å². The average molecular weight is 295 g/mol. The zero-order valence-corrected chi connectivity index (χ0v) is 12.6. The Labute approximate surface area is 126 Å². The summed E-state index contributed by atoms with van der Waals surface area (Å²) < 4.78 is 5.51. The number of rotatable bonds is 3. The van der Waals surface area contributed by atoms with Crippen LogP contribution in [0.4, 0.5) is 0 Å². The first-order valence-electron chi connectivity index (χ1n) is 7.56. The third-order valence-corrected chi connectivity index (χ3v) is 5.13. The number of hydrogen-bond acceptors (Lipinski definition) is 3. The number of nitrogens with two attached hydrogens (primary N) is 1. The zero-order chi connectivity index (χ0) is 14.0. The average Bonchev–Trinajstić information content (AvgIpc) is 2.98. The highest BCUT2D eigenvalue weighted by atomic mass is 35.5. The molecule has 0 aromatic heterocycles. The van der Waals surface area contributed by atoms with Gasteiger partial charge in [-0.25, -0.2) is 0 Å². The van der Waals surface area contributed by atoms with Gasteiger partial charge in [-0.1, -0.05) is 36.6 Å². The molecule has 3 nitrogen and oxygen atoms in total. The monoisotopic (exact) mass is 294 g/mol. The van der Waals surface area contributed by atoms with Gasteiger partial charge in [-0.15, -0.1) is 0 Å². The number of nitrogens with zero attached hydrogens (tertiary/aromatic N) is 1. The van der Waals surface area contributed by atoms with Crippen molar-refractivity contribution < 1.29 is 4.74 Å². The Morgan fingerprint density at radius 2 is 1.90 bits per heavy atom. The third kappa shape index (κ3) is 2.60. The maximum Gasteiger partial charge on any atom is 0.0594 e. The van der Waals surface area contributed by atoms with Gasteiger partial charge in [0.15, 0.2) is 0 Å². The van der Waals surface area contributed by atoms with Crippen LogP contribution >= 0.6 is 11.6 Å². The van der Waals surface area contributed by atoms with Crippen molar-refractivity contribution in [1.82, 2.24) is 4.90 Å². The Balaban J connectivity index is 1.89. The predicted octanol–water partition coefficient (Wildman–Crippen LogP) is 2.98. The molecule has 1 aliphatic heterocycles. The maximum atomic E-state index is 6.69. The van der Waals surface area contributed by atoms with E-state index in [4.69, 9.17) is 22.1 Å². The van der Waals surface area contributed by atoms with E-state index in [0.717, 1.165) is 36.9 Å². The SMILES string of the molecule is NC(c1cccc(Cl)c1)C1(N2CCOCC2)CCCC1. The third-order valence-electron chi connectivity index (χ3n) is 4.90. The number of hydrogen-bond donors (Lipinski definition) is 1. The molecule has 1 aromatic rings. The van der Waals surface area contributed by atoms with Crippen molar-refractivity contribution in [2.24, 2.45) is 5.73 Å². The fraction of sp³-hybridized carbons (Fsp3) is 0.625. The molecule has 0 radical (unpaired) electrons. The first-order valence-corrected chi connectivity index (χ1v) is 7.94. The van der Waals surface area contributed by atoms with E-state index in [0.29, 0.717) is 0 Å². The Morgan fingerprint density at radius 3 is 2.55 bits per heavy atom. The second-order valence-electron chi connectivity index (χ2n) is 5.94. The first-order chi connectivity index (χ1) is 9.72. The molecule has 1 aromatic carbocycles. The lowest BCUT2D eigenvalue weighted by molar-refractivity contribution is -0.0311. The normalized spacial score (nSPS) is 24.7. The fourth-order valence-corrected chi connectivity index (χ4v) is 4.03. The highest BCUT2D eigenvalue weighted by Crippen LogP contribution is 2.43. The van der Waals surface area contributed by atoms with E-state index >= 15 is 0 Å². The number of halogens is 1. The molecule has 1 aliphatic carbocycles. The lowest BCUT2D eigenvalue weighted by atomic mass is 9.82. The Bertz CT molecular complexity index is 454. The van der Waals surface area contributed by atoms with Crippen LogP contribution in [0, 0.1) is 0 Å². The Hall–Kier alpha value is -0.610. The molecule has 20 heavy (non-hydrogen) atoms. The molecular weight excluding hydrogens is 272 g/mol. The molecule has 1 saturated heterocycles. The van der Waals surface area contributed by atoms with Gasteiger partial charge in [0, 0.05) is 29.7 Å². The summed E-state index contributed by atoms with van der Waals surface area (Å²) in [5.41, 5.74) is 7.94. The second kappa shape index (κ2) is 6.02. The zero-order valence-electron chi connectivity index (χ0n) is 11.9. The largest absolute Gasteiger partial charge is 0.379 e. The van der Waals surface area contributed by atoms with Crippen molar-refractivity contribution in [3.8, 4) is 0 Å². The molecule has 1 heterocycles. The van der Waals surface area contributed by atoms with Gasteiger partial charge in [0.2, 0.25) is 0 Å². The standard InChI is InChI=1S/C16H23ClN2O/c17-14-5-3-4-13(12-14)15(18)16(6-1-2-7-16)19-8-10-20-11-9-19/h3-5,12,15H,1-2,6-11,18H2. The van der Waals surface area contributed by atoms with E-state index < -0.39 is 0 Å². The molecule has 1 saturated carbocycles. The van der Waals surface area contributed by atoms with Gasteiger partial charge in [-0.2, -0.15) is 0 Å². The van der Waals surface area contributed by atoms with Crippen LogP contribution in [0.1, 0.15) is 37.3 Å². The summed E-state index contributed by atoms with van der Waals surface area (Å²) in [6.45, 7) is 3.64. The van der Waals surface area contributed by atoms with E-state index in [1.54, 1.807) is 0 Å². The van der Waals surface area contributed by atoms with Gasteiger partial charge in [0.1, 0.15) is 0 Å². The lowest BCUT2D eigenvalue weighted by Gasteiger charge is -2.47. The van der Waals surface area contributed by atoms with Crippen LogP contribution < -0.4 is 5.73 Å². The summed E-state index contributed by atoms with van der Waals surface area (Å²) in [4.78, 5) is 2.56. The van der Waals surface area contributed by atoms with Crippen molar-refractivity contribution >= 4 is 11.6 Å². The second-order valence-corrected chi connectivity index (χ2v) is 6.38. The Morgan fingerprint density at radius 1 is 1.20 bits per heavy atom. The molecule has 0 spiro atoms. The minimum atomic E-state index is 0.0294. The highest BCUT2D eigenvalue weighted by molar-refractivity contribution is 6.30. The van der Waals surface area contributed by atoms with Crippen molar-refractivity contribution in [3.63, 3.8) is 0 Å². The minimum absolute atomic E-state index is 0.0294.